The molecule has 8 nitrogen and oxygen atoms in total. The minimum atomic E-state index is -0.502. The van der Waals surface area contributed by atoms with Gasteiger partial charge >= 0.3 is 0 Å². The van der Waals surface area contributed by atoms with Gasteiger partial charge in [0.05, 0.1) is 46.3 Å². The number of aromatic nitrogens is 1. The second kappa shape index (κ2) is 8.83. The van der Waals surface area contributed by atoms with E-state index in [-0.39, 0.29) is 11.3 Å². The van der Waals surface area contributed by atoms with Gasteiger partial charge in [0, 0.05) is 25.2 Å². The zero-order chi connectivity index (χ0) is 19.2. The number of nitrogens with one attached hydrogen (secondary N) is 1. The number of morpholine rings is 1. The summed E-state index contributed by atoms with van der Waals surface area (Å²) in [7, 11) is 0. The van der Waals surface area contributed by atoms with Gasteiger partial charge in [-0.15, -0.1) is 11.8 Å². The topological polar surface area (TPSA) is 97.6 Å². The molecule has 142 valence electrons. The number of rotatable bonds is 6. The molecule has 0 unspecified atom stereocenters. The molecule has 1 aliphatic heterocycles. The largest absolute Gasteiger partial charge is 0.378 e. The van der Waals surface area contributed by atoms with Crippen LogP contribution in [-0.4, -0.2) is 47.9 Å². The predicted molar refractivity (Wildman–Crippen MR) is 105 cm³/mol. The molecule has 0 atom stereocenters. The summed E-state index contributed by atoms with van der Waals surface area (Å²) in [4.78, 5) is 29.8. The van der Waals surface area contributed by atoms with E-state index in [0.29, 0.717) is 37.7 Å². The van der Waals surface area contributed by atoms with Crippen LogP contribution in [0.3, 0.4) is 0 Å². The Morgan fingerprint density at radius 2 is 2.11 bits per heavy atom. The first-order valence-corrected chi connectivity index (χ1v) is 9.58. The van der Waals surface area contributed by atoms with Crippen molar-refractivity contribution in [1.29, 1.82) is 0 Å². The Labute approximate surface area is 161 Å². The maximum absolute atomic E-state index is 12.8. The maximum Gasteiger partial charge on any atom is 0.270 e. The van der Waals surface area contributed by atoms with Crippen LogP contribution >= 0.6 is 11.8 Å². The first kappa shape index (κ1) is 19.1. The van der Waals surface area contributed by atoms with Crippen LogP contribution in [0.2, 0.25) is 0 Å². The summed E-state index contributed by atoms with van der Waals surface area (Å²) in [6, 6.07) is 7.96. The predicted octanol–water partition coefficient (Wildman–Crippen LogP) is 3.19. The van der Waals surface area contributed by atoms with Crippen LogP contribution in [0.5, 0.6) is 0 Å². The normalized spacial score (nSPS) is 14.0. The van der Waals surface area contributed by atoms with Crippen LogP contribution in [0.1, 0.15) is 17.3 Å². The highest BCUT2D eigenvalue weighted by atomic mass is 32.2. The van der Waals surface area contributed by atoms with Crippen molar-refractivity contribution in [3.05, 3.63) is 52.2 Å². The lowest BCUT2D eigenvalue weighted by atomic mass is 10.1. The van der Waals surface area contributed by atoms with E-state index in [0.717, 1.165) is 10.8 Å². The molecule has 2 aromatic rings. The zero-order valence-corrected chi connectivity index (χ0v) is 15.7. The van der Waals surface area contributed by atoms with Crippen molar-refractivity contribution in [3.8, 4) is 0 Å². The number of pyridine rings is 1. The third-order valence-corrected chi connectivity index (χ3v) is 4.90. The molecule has 1 aliphatic rings. The van der Waals surface area contributed by atoms with Crippen LogP contribution < -0.4 is 10.2 Å². The fourth-order valence-corrected chi connectivity index (χ4v) is 3.37. The lowest BCUT2D eigenvalue weighted by Gasteiger charge is -2.30. The number of hydrogen-bond donors (Lipinski definition) is 1. The number of amides is 1. The SMILES string of the molecule is CCSc1ccc(NC(=O)c2cc([N+](=O)[O-])ccc2N2CCOCC2)cn1. The fourth-order valence-electron chi connectivity index (χ4n) is 2.79. The highest BCUT2D eigenvalue weighted by Crippen LogP contribution is 2.27. The molecular formula is C18H20N4O4S. The van der Waals surface area contributed by atoms with Crippen LogP contribution in [0.15, 0.2) is 41.6 Å². The van der Waals surface area contributed by atoms with Gasteiger partial charge in [-0.1, -0.05) is 6.92 Å². The summed E-state index contributed by atoms with van der Waals surface area (Å²) in [6.07, 6.45) is 1.58. The van der Waals surface area contributed by atoms with E-state index in [1.807, 2.05) is 17.9 Å². The highest BCUT2D eigenvalue weighted by Gasteiger charge is 2.22. The van der Waals surface area contributed by atoms with Crippen LogP contribution in [0.4, 0.5) is 17.1 Å². The second-order valence-electron chi connectivity index (χ2n) is 5.83. The van der Waals surface area contributed by atoms with Gasteiger partial charge in [0.25, 0.3) is 11.6 Å². The molecule has 1 saturated heterocycles. The van der Waals surface area contributed by atoms with Gasteiger partial charge in [0.2, 0.25) is 0 Å². The molecule has 1 aromatic heterocycles. The molecular weight excluding hydrogens is 368 g/mol. The summed E-state index contributed by atoms with van der Waals surface area (Å²) in [5.41, 5.74) is 1.34. The van der Waals surface area contributed by atoms with Crippen molar-refractivity contribution < 1.29 is 14.5 Å². The lowest BCUT2D eigenvalue weighted by molar-refractivity contribution is -0.384. The third kappa shape index (κ3) is 4.75. The van der Waals surface area contributed by atoms with Crippen LogP contribution in [0, 0.1) is 10.1 Å². The Balaban J connectivity index is 1.86. The van der Waals surface area contributed by atoms with Crippen molar-refractivity contribution in [3.63, 3.8) is 0 Å². The molecule has 1 fully saturated rings. The summed E-state index contributed by atoms with van der Waals surface area (Å²) in [5, 5.41) is 14.8. The van der Waals surface area contributed by atoms with Gasteiger partial charge < -0.3 is 15.0 Å². The number of anilines is 2. The van der Waals surface area contributed by atoms with Crippen molar-refractivity contribution in [2.75, 3.05) is 42.3 Å². The van der Waals surface area contributed by atoms with E-state index in [9.17, 15) is 14.9 Å². The lowest BCUT2D eigenvalue weighted by Crippen LogP contribution is -2.37. The first-order chi connectivity index (χ1) is 13.1. The van der Waals surface area contributed by atoms with Gasteiger partial charge in [-0.3, -0.25) is 14.9 Å². The van der Waals surface area contributed by atoms with E-state index in [2.05, 4.69) is 10.3 Å². The van der Waals surface area contributed by atoms with E-state index < -0.39 is 10.8 Å². The van der Waals surface area contributed by atoms with Gasteiger partial charge in [0.1, 0.15) is 0 Å². The van der Waals surface area contributed by atoms with Crippen molar-refractivity contribution in [2.24, 2.45) is 0 Å². The quantitative estimate of drug-likeness (QED) is 0.461. The van der Waals surface area contributed by atoms with Gasteiger partial charge in [-0.05, 0) is 24.0 Å². The monoisotopic (exact) mass is 388 g/mol. The Kier molecular flexibility index (Phi) is 6.25. The number of non-ortho nitro benzene ring substituents is 1. The Bertz CT molecular complexity index is 823. The number of benzene rings is 1. The molecule has 1 N–H and O–H groups in total. The Morgan fingerprint density at radius 3 is 2.74 bits per heavy atom. The van der Waals surface area contributed by atoms with Crippen LogP contribution in [-0.2, 0) is 4.74 Å². The molecule has 1 aromatic carbocycles. The van der Waals surface area contributed by atoms with Crippen molar-refractivity contribution >= 4 is 34.7 Å². The van der Waals surface area contributed by atoms with E-state index in [4.69, 9.17) is 4.74 Å². The number of nitrogens with zero attached hydrogens (tertiary/aromatic N) is 3. The Morgan fingerprint density at radius 1 is 1.33 bits per heavy atom. The minimum Gasteiger partial charge on any atom is -0.378 e. The first-order valence-electron chi connectivity index (χ1n) is 8.60. The van der Waals surface area contributed by atoms with Gasteiger partial charge in [-0.2, -0.15) is 0 Å². The zero-order valence-electron chi connectivity index (χ0n) is 14.9. The van der Waals surface area contributed by atoms with E-state index in [1.54, 1.807) is 30.1 Å². The minimum absolute atomic E-state index is 0.120. The standard InChI is InChI=1S/C18H20N4O4S/c1-2-27-17-6-3-13(12-19-17)20-18(23)15-11-14(22(24)25)4-5-16(15)21-7-9-26-10-8-21/h3-6,11-12H,2,7-10H2,1H3,(H,20,23). The summed E-state index contributed by atoms with van der Waals surface area (Å²) >= 11 is 1.61. The van der Waals surface area contributed by atoms with E-state index in [1.165, 1.54) is 12.1 Å². The molecule has 9 heteroatoms. The molecule has 27 heavy (non-hydrogen) atoms. The molecule has 2 heterocycles. The molecule has 0 spiro atoms. The molecule has 0 saturated carbocycles. The third-order valence-electron chi connectivity index (χ3n) is 4.07. The number of carbonyl (C=O) groups is 1. The van der Waals surface area contributed by atoms with Crippen LogP contribution in [0.25, 0.3) is 0 Å². The smallest absolute Gasteiger partial charge is 0.270 e. The molecule has 0 bridgehead atoms. The average molecular weight is 388 g/mol. The number of nitro groups is 1. The maximum atomic E-state index is 12.8. The average Bonchev–Trinajstić information content (AvgIpc) is 2.70. The van der Waals surface area contributed by atoms with Gasteiger partial charge in [-0.25, -0.2) is 4.98 Å². The molecule has 0 aliphatic carbocycles. The Hall–Kier alpha value is -2.65. The van der Waals surface area contributed by atoms with Gasteiger partial charge in [0.15, 0.2) is 0 Å². The van der Waals surface area contributed by atoms with Crippen molar-refractivity contribution in [1.82, 2.24) is 4.98 Å². The fraction of sp³-hybridized carbons (Fsp3) is 0.333. The second-order valence-corrected chi connectivity index (χ2v) is 7.11. The molecule has 0 radical (unpaired) electrons. The number of nitro benzene ring substituents is 1. The number of ether oxygens (including phenoxy) is 1. The molecule has 3 rings (SSSR count). The summed E-state index contributed by atoms with van der Waals surface area (Å²) < 4.78 is 5.35. The number of thioether (sulfide) groups is 1. The van der Waals surface area contributed by atoms with Crippen molar-refractivity contribution in [2.45, 2.75) is 11.9 Å². The molecule has 1 amide bonds. The van der Waals surface area contributed by atoms with E-state index >= 15 is 0 Å². The highest BCUT2D eigenvalue weighted by molar-refractivity contribution is 7.99. The number of hydrogen-bond acceptors (Lipinski definition) is 7. The number of carbonyl (C=O) groups excluding carboxylic acids is 1. The summed E-state index contributed by atoms with van der Waals surface area (Å²) in [6.45, 7) is 4.40. The summed E-state index contributed by atoms with van der Waals surface area (Å²) in [5.74, 6) is 0.507.